The standard InChI is InChI=1S/C15H19FN2S/c1-9-7-10(5-6-11(9)16)14-18-13(15(2,3)4)12(8-17)19-14/h5-7H,8,17H2,1-4H3. The van der Waals surface area contributed by atoms with E-state index >= 15 is 0 Å². The fourth-order valence-electron chi connectivity index (χ4n) is 1.98. The number of hydrogen-bond donors (Lipinski definition) is 1. The second kappa shape index (κ2) is 5.02. The van der Waals surface area contributed by atoms with Gasteiger partial charge in [0.2, 0.25) is 0 Å². The van der Waals surface area contributed by atoms with Gasteiger partial charge in [0.15, 0.2) is 0 Å². The molecule has 19 heavy (non-hydrogen) atoms. The van der Waals surface area contributed by atoms with Crippen molar-refractivity contribution in [3.05, 3.63) is 40.2 Å². The predicted molar refractivity (Wildman–Crippen MR) is 78.8 cm³/mol. The van der Waals surface area contributed by atoms with E-state index in [1.807, 2.05) is 6.07 Å². The Morgan fingerprint density at radius 1 is 1.32 bits per heavy atom. The molecular weight excluding hydrogens is 259 g/mol. The summed E-state index contributed by atoms with van der Waals surface area (Å²) in [6.07, 6.45) is 0. The molecule has 1 heterocycles. The van der Waals surface area contributed by atoms with Crippen molar-refractivity contribution in [1.82, 2.24) is 4.98 Å². The first-order valence-corrected chi connectivity index (χ1v) is 7.11. The smallest absolute Gasteiger partial charge is 0.126 e. The molecule has 2 rings (SSSR count). The number of aryl methyl sites for hydroxylation is 1. The number of nitrogens with zero attached hydrogens (tertiary/aromatic N) is 1. The molecule has 0 aliphatic heterocycles. The molecule has 0 fully saturated rings. The monoisotopic (exact) mass is 278 g/mol. The van der Waals surface area contributed by atoms with Crippen LogP contribution in [-0.2, 0) is 12.0 Å². The molecule has 0 unspecified atom stereocenters. The second-order valence-electron chi connectivity index (χ2n) is 5.71. The third-order valence-electron chi connectivity index (χ3n) is 3.00. The van der Waals surface area contributed by atoms with Crippen LogP contribution in [0.5, 0.6) is 0 Å². The van der Waals surface area contributed by atoms with E-state index in [1.54, 1.807) is 24.3 Å². The highest BCUT2D eigenvalue weighted by Gasteiger charge is 2.23. The zero-order chi connectivity index (χ0) is 14.2. The van der Waals surface area contributed by atoms with Gasteiger partial charge < -0.3 is 5.73 Å². The average Bonchev–Trinajstić information content (AvgIpc) is 2.76. The summed E-state index contributed by atoms with van der Waals surface area (Å²) in [6, 6.07) is 5.10. The van der Waals surface area contributed by atoms with E-state index in [-0.39, 0.29) is 11.2 Å². The molecule has 0 bridgehead atoms. The first-order valence-electron chi connectivity index (χ1n) is 6.29. The predicted octanol–water partition coefficient (Wildman–Crippen LogP) is 4.01. The molecule has 0 saturated carbocycles. The molecular formula is C15H19FN2S. The maximum absolute atomic E-state index is 13.3. The van der Waals surface area contributed by atoms with E-state index < -0.39 is 0 Å². The molecule has 2 aromatic rings. The summed E-state index contributed by atoms with van der Waals surface area (Å²) >= 11 is 1.60. The minimum absolute atomic E-state index is 0.0292. The van der Waals surface area contributed by atoms with Crippen molar-refractivity contribution in [2.75, 3.05) is 0 Å². The van der Waals surface area contributed by atoms with Crippen LogP contribution in [-0.4, -0.2) is 4.98 Å². The molecule has 0 spiro atoms. The number of nitrogens with two attached hydrogens (primary N) is 1. The van der Waals surface area contributed by atoms with Gasteiger partial charge in [-0.15, -0.1) is 11.3 Å². The van der Waals surface area contributed by atoms with Gasteiger partial charge in [0.25, 0.3) is 0 Å². The largest absolute Gasteiger partial charge is 0.326 e. The highest BCUT2D eigenvalue weighted by atomic mass is 32.1. The molecule has 2 nitrogen and oxygen atoms in total. The van der Waals surface area contributed by atoms with Crippen molar-refractivity contribution in [3.63, 3.8) is 0 Å². The van der Waals surface area contributed by atoms with Crippen LogP contribution in [0.4, 0.5) is 4.39 Å². The third-order valence-corrected chi connectivity index (χ3v) is 4.12. The van der Waals surface area contributed by atoms with Gasteiger partial charge in [-0.25, -0.2) is 9.37 Å². The molecule has 2 N–H and O–H groups in total. The molecule has 0 aliphatic carbocycles. The van der Waals surface area contributed by atoms with Crippen molar-refractivity contribution in [2.45, 2.75) is 39.7 Å². The fourth-order valence-corrected chi connectivity index (χ4v) is 3.12. The van der Waals surface area contributed by atoms with Crippen LogP contribution in [0, 0.1) is 12.7 Å². The zero-order valence-corrected chi connectivity index (χ0v) is 12.6. The number of thiazole rings is 1. The van der Waals surface area contributed by atoms with E-state index in [1.165, 1.54) is 6.07 Å². The van der Waals surface area contributed by atoms with Gasteiger partial charge >= 0.3 is 0 Å². The van der Waals surface area contributed by atoms with Crippen LogP contribution in [0.3, 0.4) is 0 Å². The molecule has 0 saturated heterocycles. The highest BCUT2D eigenvalue weighted by molar-refractivity contribution is 7.15. The van der Waals surface area contributed by atoms with Crippen molar-refractivity contribution in [1.29, 1.82) is 0 Å². The molecule has 4 heteroatoms. The normalized spacial score (nSPS) is 11.9. The lowest BCUT2D eigenvalue weighted by Crippen LogP contribution is -2.15. The van der Waals surface area contributed by atoms with Crippen molar-refractivity contribution in [2.24, 2.45) is 5.73 Å². The Morgan fingerprint density at radius 3 is 2.47 bits per heavy atom. The first-order chi connectivity index (χ1) is 8.82. The van der Waals surface area contributed by atoms with Gasteiger partial charge in [-0.3, -0.25) is 0 Å². The lowest BCUT2D eigenvalue weighted by atomic mass is 9.91. The van der Waals surface area contributed by atoms with Crippen molar-refractivity contribution >= 4 is 11.3 Å². The number of aromatic nitrogens is 1. The Labute approximate surface area is 117 Å². The van der Waals surface area contributed by atoms with Crippen LogP contribution >= 0.6 is 11.3 Å². The van der Waals surface area contributed by atoms with Gasteiger partial charge in [0.1, 0.15) is 10.8 Å². The minimum atomic E-state index is -0.185. The lowest BCUT2D eigenvalue weighted by Gasteiger charge is -2.16. The summed E-state index contributed by atoms with van der Waals surface area (Å²) in [5.74, 6) is -0.185. The van der Waals surface area contributed by atoms with E-state index in [0.29, 0.717) is 12.1 Å². The number of hydrogen-bond acceptors (Lipinski definition) is 3. The van der Waals surface area contributed by atoms with Crippen LogP contribution in [0.1, 0.15) is 36.9 Å². The van der Waals surface area contributed by atoms with Crippen molar-refractivity contribution in [3.8, 4) is 10.6 Å². The van der Waals surface area contributed by atoms with Crippen LogP contribution < -0.4 is 5.73 Å². The quantitative estimate of drug-likeness (QED) is 0.901. The summed E-state index contributed by atoms with van der Waals surface area (Å²) < 4.78 is 13.3. The summed E-state index contributed by atoms with van der Waals surface area (Å²) in [5, 5.41) is 0.911. The fraction of sp³-hybridized carbons (Fsp3) is 0.400. The lowest BCUT2D eigenvalue weighted by molar-refractivity contribution is 0.567. The molecule has 0 amide bonds. The van der Waals surface area contributed by atoms with Crippen LogP contribution in [0.15, 0.2) is 18.2 Å². The Bertz CT molecular complexity index is 597. The van der Waals surface area contributed by atoms with Crippen LogP contribution in [0.25, 0.3) is 10.6 Å². The second-order valence-corrected chi connectivity index (χ2v) is 6.79. The van der Waals surface area contributed by atoms with E-state index in [0.717, 1.165) is 21.1 Å². The average molecular weight is 278 g/mol. The molecule has 0 atom stereocenters. The van der Waals surface area contributed by atoms with Gasteiger partial charge in [-0.1, -0.05) is 20.8 Å². The Hall–Kier alpha value is -1.26. The third kappa shape index (κ3) is 2.85. The Kier molecular flexibility index (Phi) is 3.74. The van der Waals surface area contributed by atoms with Crippen molar-refractivity contribution < 1.29 is 4.39 Å². The summed E-state index contributed by atoms with van der Waals surface area (Å²) in [4.78, 5) is 5.81. The van der Waals surface area contributed by atoms with Gasteiger partial charge in [-0.05, 0) is 30.7 Å². The Morgan fingerprint density at radius 2 is 2.00 bits per heavy atom. The molecule has 0 aliphatic rings. The summed E-state index contributed by atoms with van der Waals surface area (Å²) in [6.45, 7) is 8.63. The first kappa shape index (κ1) is 14.2. The maximum Gasteiger partial charge on any atom is 0.126 e. The summed E-state index contributed by atoms with van der Waals surface area (Å²) in [5.41, 5.74) is 8.40. The zero-order valence-electron chi connectivity index (χ0n) is 11.7. The highest BCUT2D eigenvalue weighted by Crippen LogP contribution is 2.34. The van der Waals surface area contributed by atoms with Crippen LogP contribution in [0.2, 0.25) is 0 Å². The van der Waals surface area contributed by atoms with Gasteiger partial charge in [0, 0.05) is 22.4 Å². The van der Waals surface area contributed by atoms with E-state index in [9.17, 15) is 4.39 Å². The molecule has 102 valence electrons. The maximum atomic E-state index is 13.3. The molecule has 0 radical (unpaired) electrons. The van der Waals surface area contributed by atoms with E-state index in [2.05, 4.69) is 20.8 Å². The topological polar surface area (TPSA) is 38.9 Å². The molecule has 1 aromatic carbocycles. The minimum Gasteiger partial charge on any atom is -0.326 e. The number of rotatable bonds is 2. The van der Waals surface area contributed by atoms with Gasteiger partial charge in [0.05, 0.1) is 5.69 Å². The number of halogens is 1. The summed E-state index contributed by atoms with van der Waals surface area (Å²) in [7, 11) is 0. The number of benzene rings is 1. The van der Waals surface area contributed by atoms with Gasteiger partial charge in [-0.2, -0.15) is 0 Å². The Balaban J connectivity index is 2.51. The SMILES string of the molecule is Cc1cc(-c2nc(C(C)(C)C)c(CN)s2)ccc1F. The molecule has 1 aromatic heterocycles. The van der Waals surface area contributed by atoms with E-state index in [4.69, 9.17) is 10.7 Å².